The number of halogens is 2. The van der Waals surface area contributed by atoms with Crippen LogP contribution in [0.25, 0.3) is 6.08 Å². The number of hydrogen-bond donors (Lipinski definition) is 1. The maximum Gasteiger partial charge on any atom is 0.282 e. The molecule has 3 aromatic rings. The van der Waals surface area contributed by atoms with Crippen molar-refractivity contribution in [2.24, 2.45) is 0 Å². The number of hydrazine groups is 1. The summed E-state index contributed by atoms with van der Waals surface area (Å²) in [4.78, 5) is 25.3. The minimum absolute atomic E-state index is 0.0421. The minimum atomic E-state index is -0.462. The summed E-state index contributed by atoms with van der Waals surface area (Å²) in [6, 6.07) is 19.9. The highest BCUT2D eigenvalue weighted by Gasteiger charge is 2.34. The van der Waals surface area contributed by atoms with Gasteiger partial charge in [0.05, 0.1) is 12.8 Å². The van der Waals surface area contributed by atoms with Crippen molar-refractivity contribution < 1.29 is 19.1 Å². The maximum absolute atomic E-state index is 12.8. The van der Waals surface area contributed by atoms with E-state index in [0.717, 1.165) is 9.13 Å². The molecule has 0 aliphatic carbocycles. The van der Waals surface area contributed by atoms with Gasteiger partial charge in [-0.2, -0.15) is 0 Å². The Hall–Kier alpha value is -3.04. The largest absolute Gasteiger partial charge is 0.493 e. The average Bonchev–Trinajstić information content (AvgIpc) is 3.08. The summed E-state index contributed by atoms with van der Waals surface area (Å²) in [7, 11) is 1.54. The van der Waals surface area contributed by atoms with Crippen LogP contribution in [-0.4, -0.2) is 18.9 Å². The molecule has 162 valence electrons. The molecule has 1 N–H and O–H groups in total. The first-order chi connectivity index (χ1) is 15.4. The summed E-state index contributed by atoms with van der Waals surface area (Å²) >= 11 is 8.09. The fourth-order valence-corrected chi connectivity index (χ4v) is 3.62. The molecule has 1 fully saturated rings. The van der Waals surface area contributed by atoms with Gasteiger partial charge in [0.2, 0.25) is 0 Å². The van der Waals surface area contributed by atoms with Gasteiger partial charge >= 0.3 is 0 Å². The number of amides is 2. The van der Waals surface area contributed by atoms with Gasteiger partial charge in [0, 0.05) is 8.59 Å². The van der Waals surface area contributed by atoms with Crippen molar-refractivity contribution in [2.75, 3.05) is 12.1 Å². The number of anilines is 1. The Kier molecular flexibility index (Phi) is 6.66. The quantitative estimate of drug-likeness (QED) is 0.262. The van der Waals surface area contributed by atoms with Crippen molar-refractivity contribution in [3.8, 4) is 11.5 Å². The number of nitrogens with zero attached hydrogens (tertiary/aromatic N) is 1. The van der Waals surface area contributed by atoms with Crippen LogP contribution >= 0.6 is 34.2 Å². The van der Waals surface area contributed by atoms with E-state index in [4.69, 9.17) is 21.1 Å². The average molecular weight is 561 g/mol. The van der Waals surface area contributed by atoms with E-state index in [-0.39, 0.29) is 5.57 Å². The highest BCUT2D eigenvalue weighted by Crippen LogP contribution is 2.30. The molecular weight excluding hydrogens is 543 g/mol. The lowest BCUT2D eigenvalue weighted by atomic mass is 10.1. The standard InChI is InChI=1S/C24H18ClIN2O4/c1-31-22-13-16(4-11-21(22)32-14-15-2-5-17(25)6-3-15)12-20-23(29)27-28(24(20)30)19-9-7-18(26)8-10-19/h2-13H,14H2,1H3,(H,27,29)/b20-12-. The molecule has 1 aliphatic heterocycles. The molecular formula is C24H18ClIN2O4. The molecule has 8 heteroatoms. The first-order valence-corrected chi connectivity index (χ1v) is 11.1. The Balaban J connectivity index is 1.53. The second-order valence-corrected chi connectivity index (χ2v) is 8.62. The fraction of sp³-hybridized carbons (Fsp3) is 0.0833. The van der Waals surface area contributed by atoms with Crippen LogP contribution in [-0.2, 0) is 16.2 Å². The van der Waals surface area contributed by atoms with Crippen LogP contribution in [0.3, 0.4) is 0 Å². The van der Waals surface area contributed by atoms with Gasteiger partial charge in [-0.25, -0.2) is 5.01 Å². The Morgan fingerprint density at radius 3 is 2.41 bits per heavy atom. The minimum Gasteiger partial charge on any atom is -0.493 e. The van der Waals surface area contributed by atoms with Crippen molar-refractivity contribution in [3.63, 3.8) is 0 Å². The van der Waals surface area contributed by atoms with E-state index in [0.29, 0.717) is 34.4 Å². The van der Waals surface area contributed by atoms with Crippen molar-refractivity contribution >= 4 is 57.8 Å². The Morgan fingerprint density at radius 1 is 1.00 bits per heavy atom. The van der Waals surface area contributed by atoms with Crippen molar-refractivity contribution in [1.29, 1.82) is 0 Å². The normalized spacial score (nSPS) is 14.6. The zero-order chi connectivity index (χ0) is 22.7. The van der Waals surface area contributed by atoms with E-state index in [9.17, 15) is 9.59 Å². The summed E-state index contributed by atoms with van der Waals surface area (Å²) < 4.78 is 12.3. The number of rotatable bonds is 6. The molecule has 2 amide bonds. The third-order valence-corrected chi connectivity index (χ3v) is 5.75. The smallest absolute Gasteiger partial charge is 0.282 e. The number of nitrogens with one attached hydrogen (secondary N) is 1. The molecule has 0 unspecified atom stereocenters. The summed E-state index contributed by atoms with van der Waals surface area (Å²) in [5, 5.41) is 1.90. The van der Waals surface area contributed by atoms with Crippen molar-refractivity contribution in [3.05, 3.63) is 92.0 Å². The Morgan fingerprint density at radius 2 is 1.72 bits per heavy atom. The second-order valence-electron chi connectivity index (χ2n) is 6.94. The molecule has 4 rings (SSSR count). The van der Waals surface area contributed by atoms with E-state index in [1.54, 1.807) is 42.5 Å². The Bertz CT molecular complexity index is 1190. The first kappa shape index (κ1) is 22.2. The number of carbonyl (C=O) groups is 2. The lowest BCUT2D eigenvalue weighted by Crippen LogP contribution is -2.35. The summed E-state index contributed by atoms with van der Waals surface area (Å²) in [5.41, 5.74) is 4.84. The third-order valence-electron chi connectivity index (χ3n) is 4.78. The van der Waals surface area contributed by atoms with Gasteiger partial charge in [-0.3, -0.25) is 15.0 Å². The van der Waals surface area contributed by atoms with Crippen molar-refractivity contribution in [2.45, 2.75) is 6.61 Å². The lowest BCUT2D eigenvalue weighted by molar-refractivity contribution is -0.117. The van der Waals surface area contributed by atoms with E-state index in [1.807, 2.05) is 24.3 Å². The molecule has 0 aromatic heterocycles. The van der Waals surface area contributed by atoms with Gasteiger partial charge in [-0.15, -0.1) is 0 Å². The Labute approximate surface area is 203 Å². The van der Waals surface area contributed by atoms with Crippen molar-refractivity contribution in [1.82, 2.24) is 5.43 Å². The molecule has 0 radical (unpaired) electrons. The van der Waals surface area contributed by atoms with Gasteiger partial charge in [-0.1, -0.05) is 29.8 Å². The molecule has 3 aromatic carbocycles. The molecule has 32 heavy (non-hydrogen) atoms. The predicted molar refractivity (Wildman–Crippen MR) is 132 cm³/mol. The topological polar surface area (TPSA) is 67.9 Å². The van der Waals surface area contributed by atoms with Gasteiger partial charge in [0.25, 0.3) is 11.8 Å². The molecule has 1 aliphatic rings. The van der Waals surface area contributed by atoms with E-state index in [1.165, 1.54) is 18.2 Å². The van der Waals surface area contributed by atoms with Crippen LogP contribution in [0.15, 0.2) is 72.3 Å². The number of ether oxygens (including phenoxy) is 2. The van der Waals surface area contributed by atoms with Crippen LogP contribution in [0.1, 0.15) is 11.1 Å². The van der Waals surface area contributed by atoms with Gasteiger partial charge in [0.15, 0.2) is 11.5 Å². The number of carbonyl (C=O) groups excluding carboxylic acids is 2. The number of methoxy groups -OCH3 is 1. The predicted octanol–water partition coefficient (Wildman–Crippen LogP) is 4.99. The monoisotopic (exact) mass is 560 g/mol. The van der Waals surface area contributed by atoms with Gasteiger partial charge < -0.3 is 9.47 Å². The van der Waals surface area contributed by atoms with Gasteiger partial charge in [0.1, 0.15) is 12.2 Å². The van der Waals surface area contributed by atoms with Crippen LogP contribution in [0.2, 0.25) is 5.02 Å². The fourth-order valence-electron chi connectivity index (χ4n) is 3.13. The maximum atomic E-state index is 12.8. The SMILES string of the molecule is COc1cc(/C=C2/C(=O)NN(c3ccc(I)cc3)C2=O)ccc1OCc1ccc(Cl)cc1. The van der Waals surface area contributed by atoms with Crippen LogP contribution in [0, 0.1) is 3.57 Å². The van der Waals surface area contributed by atoms with E-state index < -0.39 is 11.8 Å². The highest BCUT2D eigenvalue weighted by molar-refractivity contribution is 14.1. The summed E-state index contributed by atoms with van der Waals surface area (Å²) in [6.07, 6.45) is 1.54. The lowest BCUT2D eigenvalue weighted by Gasteiger charge is -2.14. The molecule has 0 saturated carbocycles. The zero-order valence-corrected chi connectivity index (χ0v) is 19.9. The number of benzene rings is 3. The first-order valence-electron chi connectivity index (χ1n) is 9.62. The second kappa shape index (κ2) is 9.62. The third kappa shape index (κ3) is 4.89. The molecule has 0 atom stereocenters. The molecule has 0 bridgehead atoms. The van der Waals surface area contributed by atoms with E-state index in [2.05, 4.69) is 28.0 Å². The summed E-state index contributed by atoms with van der Waals surface area (Å²) in [5.74, 6) is 0.162. The molecule has 0 spiro atoms. The molecule has 1 heterocycles. The van der Waals surface area contributed by atoms with Crippen LogP contribution < -0.4 is 19.9 Å². The molecule has 1 saturated heterocycles. The van der Waals surface area contributed by atoms with Gasteiger partial charge in [-0.05, 0) is 88.3 Å². The van der Waals surface area contributed by atoms with Crippen LogP contribution in [0.4, 0.5) is 5.69 Å². The number of hydrogen-bond acceptors (Lipinski definition) is 4. The van der Waals surface area contributed by atoms with E-state index >= 15 is 0 Å². The molecule has 6 nitrogen and oxygen atoms in total. The van der Waals surface area contributed by atoms with Crippen LogP contribution in [0.5, 0.6) is 11.5 Å². The highest BCUT2D eigenvalue weighted by atomic mass is 127. The summed E-state index contributed by atoms with van der Waals surface area (Å²) in [6.45, 7) is 0.347. The zero-order valence-electron chi connectivity index (χ0n) is 17.0.